The van der Waals surface area contributed by atoms with E-state index in [2.05, 4.69) is 25.3 Å². The van der Waals surface area contributed by atoms with E-state index in [0.29, 0.717) is 13.0 Å². The Morgan fingerprint density at radius 1 is 1.33 bits per heavy atom. The van der Waals surface area contributed by atoms with Crippen molar-refractivity contribution < 1.29 is 4.79 Å². The summed E-state index contributed by atoms with van der Waals surface area (Å²) in [5.41, 5.74) is 2.07. The Bertz CT molecular complexity index is 684. The highest BCUT2D eigenvalue weighted by Gasteiger charge is 2.22. The molecule has 0 radical (unpaired) electrons. The number of anilines is 1. The minimum Gasteiger partial charge on any atom is -0.352 e. The lowest BCUT2D eigenvalue weighted by Crippen LogP contribution is -2.48. The molecule has 0 aromatic carbocycles. The maximum Gasteiger partial charge on any atom is 0.225 e. The second-order valence-electron chi connectivity index (χ2n) is 6.30. The minimum atomic E-state index is 0.0726. The van der Waals surface area contributed by atoms with E-state index in [0.717, 1.165) is 43.3 Å². The Labute approximate surface area is 142 Å². The maximum atomic E-state index is 12.2. The molecule has 3 rings (SSSR count). The summed E-state index contributed by atoms with van der Waals surface area (Å²) >= 11 is 0. The number of nitrogens with zero attached hydrogens (tertiary/aromatic N) is 5. The first-order valence-corrected chi connectivity index (χ1v) is 8.44. The average Bonchev–Trinajstić information content (AvgIpc) is 2.91. The van der Waals surface area contributed by atoms with Gasteiger partial charge in [-0.2, -0.15) is 5.10 Å². The molecule has 1 fully saturated rings. The molecule has 0 saturated carbocycles. The second-order valence-corrected chi connectivity index (χ2v) is 6.30. The molecule has 1 amide bonds. The molecule has 1 saturated heterocycles. The van der Waals surface area contributed by atoms with Crippen molar-refractivity contribution >= 4 is 11.9 Å². The van der Waals surface area contributed by atoms with Crippen molar-refractivity contribution in [3.63, 3.8) is 0 Å². The predicted molar refractivity (Wildman–Crippen MR) is 91.7 cm³/mol. The lowest BCUT2D eigenvalue weighted by molar-refractivity contribution is -0.122. The van der Waals surface area contributed by atoms with Crippen LogP contribution in [0.4, 0.5) is 5.95 Å². The number of hydrogen-bond donors (Lipinski definition) is 1. The van der Waals surface area contributed by atoms with E-state index in [1.807, 2.05) is 30.7 Å². The Balaban J connectivity index is 1.50. The lowest BCUT2D eigenvalue weighted by Gasteiger charge is -2.33. The van der Waals surface area contributed by atoms with E-state index < -0.39 is 0 Å². The zero-order valence-corrected chi connectivity index (χ0v) is 14.3. The van der Waals surface area contributed by atoms with Gasteiger partial charge >= 0.3 is 0 Å². The molecule has 1 aliphatic rings. The maximum absolute atomic E-state index is 12.2. The molecular formula is C17H24N6O. The Kier molecular flexibility index (Phi) is 5.08. The number of aryl methyl sites for hydroxylation is 3. The quantitative estimate of drug-likeness (QED) is 0.899. The summed E-state index contributed by atoms with van der Waals surface area (Å²) < 4.78 is 1.89. The first kappa shape index (κ1) is 16.4. The Morgan fingerprint density at radius 2 is 2.12 bits per heavy atom. The van der Waals surface area contributed by atoms with Crippen LogP contribution in [0.2, 0.25) is 0 Å². The summed E-state index contributed by atoms with van der Waals surface area (Å²) in [6.45, 7) is 6.28. The number of carbonyl (C=O) groups is 1. The van der Waals surface area contributed by atoms with E-state index in [1.54, 1.807) is 12.4 Å². The molecule has 1 atom stereocenters. The fourth-order valence-corrected chi connectivity index (χ4v) is 3.14. The van der Waals surface area contributed by atoms with Crippen molar-refractivity contribution in [1.29, 1.82) is 0 Å². The zero-order valence-electron chi connectivity index (χ0n) is 14.3. The number of nitrogens with one attached hydrogen (secondary N) is 1. The lowest BCUT2D eigenvalue weighted by atomic mass is 10.1. The normalized spacial score (nSPS) is 17.8. The molecule has 3 heterocycles. The van der Waals surface area contributed by atoms with Crippen LogP contribution in [-0.4, -0.2) is 44.8 Å². The van der Waals surface area contributed by atoms with Crippen molar-refractivity contribution in [2.75, 3.05) is 18.0 Å². The fourth-order valence-electron chi connectivity index (χ4n) is 3.14. The number of rotatable bonds is 5. The molecule has 7 heteroatoms. The van der Waals surface area contributed by atoms with Crippen molar-refractivity contribution in [2.24, 2.45) is 0 Å². The van der Waals surface area contributed by atoms with Crippen LogP contribution in [-0.2, 0) is 11.3 Å². The number of piperidine rings is 1. The molecule has 24 heavy (non-hydrogen) atoms. The molecule has 128 valence electrons. The molecule has 7 nitrogen and oxygen atoms in total. The van der Waals surface area contributed by atoms with E-state index >= 15 is 0 Å². The van der Waals surface area contributed by atoms with Gasteiger partial charge in [0.25, 0.3) is 0 Å². The highest BCUT2D eigenvalue weighted by atomic mass is 16.1. The van der Waals surface area contributed by atoms with E-state index in [4.69, 9.17) is 0 Å². The molecule has 0 spiro atoms. The minimum absolute atomic E-state index is 0.0726. The predicted octanol–water partition coefficient (Wildman–Crippen LogP) is 1.47. The molecule has 1 N–H and O–H groups in total. The first-order valence-electron chi connectivity index (χ1n) is 8.44. The fraction of sp³-hybridized carbons (Fsp3) is 0.529. The number of aromatic nitrogens is 4. The Hall–Kier alpha value is -2.44. The molecule has 1 aliphatic heterocycles. The molecule has 1 unspecified atom stereocenters. The summed E-state index contributed by atoms with van der Waals surface area (Å²) in [7, 11) is 0. The Morgan fingerprint density at radius 3 is 2.83 bits per heavy atom. The highest BCUT2D eigenvalue weighted by Crippen LogP contribution is 2.15. The third-order valence-electron chi connectivity index (χ3n) is 4.28. The number of hydrogen-bond acceptors (Lipinski definition) is 5. The zero-order chi connectivity index (χ0) is 16.9. The molecular weight excluding hydrogens is 304 g/mol. The van der Waals surface area contributed by atoms with Gasteiger partial charge in [0, 0.05) is 50.2 Å². The summed E-state index contributed by atoms with van der Waals surface area (Å²) in [5.74, 6) is 0.808. The van der Waals surface area contributed by atoms with Gasteiger partial charge in [-0.05, 0) is 38.8 Å². The topological polar surface area (TPSA) is 75.9 Å². The van der Waals surface area contributed by atoms with Gasteiger partial charge in [-0.3, -0.25) is 9.48 Å². The SMILES string of the molecule is Cc1cc(C)n(CCC(=O)NC2CCCN(c3ncccn3)C2)n1. The van der Waals surface area contributed by atoms with Gasteiger partial charge in [-0.15, -0.1) is 0 Å². The second kappa shape index (κ2) is 7.42. The summed E-state index contributed by atoms with van der Waals surface area (Å²) in [5, 5.41) is 7.53. The molecule has 0 aliphatic carbocycles. The standard InChI is InChI=1S/C17H24N6O/c1-13-11-14(2)23(21-13)10-6-16(24)20-15-5-3-9-22(12-15)17-18-7-4-8-19-17/h4,7-8,11,15H,3,5-6,9-10,12H2,1-2H3,(H,20,24). The van der Waals surface area contributed by atoms with Crippen LogP contribution >= 0.6 is 0 Å². The van der Waals surface area contributed by atoms with Gasteiger partial charge in [-0.1, -0.05) is 0 Å². The molecule has 2 aromatic rings. The summed E-state index contributed by atoms with van der Waals surface area (Å²) in [6.07, 6.45) is 5.97. The third kappa shape index (κ3) is 4.10. The molecule has 0 bridgehead atoms. The van der Waals surface area contributed by atoms with Crippen LogP contribution in [0.25, 0.3) is 0 Å². The van der Waals surface area contributed by atoms with E-state index in [9.17, 15) is 4.79 Å². The monoisotopic (exact) mass is 328 g/mol. The summed E-state index contributed by atoms with van der Waals surface area (Å²) in [6, 6.07) is 3.98. The smallest absolute Gasteiger partial charge is 0.225 e. The van der Waals surface area contributed by atoms with Gasteiger partial charge < -0.3 is 10.2 Å². The van der Waals surface area contributed by atoms with Crippen LogP contribution in [0, 0.1) is 13.8 Å². The molecule has 2 aromatic heterocycles. The van der Waals surface area contributed by atoms with Crippen LogP contribution in [0.15, 0.2) is 24.5 Å². The van der Waals surface area contributed by atoms with Gasteiger partial charge in [0.05, 0.1) is 5.69 Å². The van der Waals surface area contributed by atoms with Gasteiger partial charge in [-0.25, -0.2) is 9.97 Å². The van der Waals surface area contributed by atoms with E-state index in [-0.39, 0.29) is 11.9 Å². The van der Waals surface area contributed by atoms with Gasteiger partial charge in [0.2, 0.25) is 11.9 Å². The van der Waals surface area contributed by atoms with Crippen LogP contribution in [0.5, 0.6) is 0 Å². The largest absolute Gasteiger partial charge is 0.352 e. The van der Waals surface area contributed by atoms with Crippen molar-refractivity contribution in [3.05, 3.63) is 35.9 Å². The van der Waals surface area contributed by atoms with Crippen LogP contribution in [0.1, 0.15) is 30.7 Å². The van der Waals surface area contributed by atoms with Crippen molar-refractivity contribution in [1.82, 2.24) is 25.1 Å². The average molecular weight is 328 g/mol. The number of amides is 1. The van der Waals surface area contributed by atoms with Gasteiger partial charge in [0.15, 0.2) is 0 Å². The highest BCUT2D eigenvalue weighted by molar-refractivity contribution is 5.76. The van der Waals surface area contributed by atoms with Crippen molar-refractivity contribution in [2.45, 2.75) is 45.7 Å². The van der Waals surface area contributed by atoms with Gasteiger partial charge in [0.1, 0.15) is 0 Å². The van der Waals surface area contributed by atoms with Crippen LogP contribution in [0.3, 0.4) is 0 Å². The number of carbonyl (C=O) groups excluding carboxylic acids is 1. The van der Waals surface area contributed by atoms with Crippen LogP contribution < -0.4 is 10.2 Å². The van der Waals surface area contributed by atoms with Crippen molar-refractivity contribution in [3.8, 4) is 0 Å². The summed E-state index contributed by atoms with van der Waals surface area (Å²) in [4.78, 5) is 23.0. The third-order valence-corrected chi connectivity index (χ3v) is 4.28. The van der Waals surface area contributed by atoms with E-state index in [1.165, 1.54) is 0 Å². The first-order chi connectivity index (χ1) is 11.6.